The third kappa shape index (κ3) is 2.65. The molecule has 0 atom stereocenters. The SMILES string of the molecule is COc1cc(CCNC=O)ccc1O. The molecule has 0 saturated heterocycles. The summed E-state index contributed by atoms with van der Waals surface area (Å²) < 4.78 is 4.95. The van der Waals surface area contributed by atoms with Gasteiger partial charge in [-0.1, -0.05) is 6.07 Å². The van der Waals surface area contributed by atoms with Crippen molar-refractivity contribution in [2.24, 2.45) is 0 Å². The predicted octanol–water partition coefficient (Wildman–Crippen LogP) is 0.689. The topological polar surface area (TPSA) is 58.6 Å². The molecule has 0 aliphatic carbocycles. The van der Waals surface area contributed by atoms with Crippen molar-refractivity contribution in [2.45, 2.75) is 6.42 Å². The van der Waals surface area contributed by atoms with Gasteiger partial charge in [0.2, 0.25) is 6.41 Å². The lowest BCUT2D eigenvalue weighted by atomic mass is 10.1. The van der Waals surface area contributed by atoms with Crippen molar-refractivity contribution in [3.63, 3.8) is 0 Å². The van der Waals surface area contributed by atoms with E-state index in [1.165, 1.54) is 7.11 Å². The summed E-state index contributed by atoms with van der Waals surface area (Å²) in [6, 6.07) is 5.13. The number of phenols is 1. The molecule has 0 unspecified atom stereocenters. The predicted molar refractivity (Wildman–Crippen MR) is 52.4 cm³/mol. The van der Waals surface area contributed by atoms with Crippen molar-refractivity contribution in [1.29, 1.82) is 0 Å². The summed E-state index contributed by atoms with van der Waals surface area (Å²) in [5.41, 5.74) is 1.01. The fourth-order valence-electron chi connectivity index (χ4n) is 1.15. The van der Waals surface area contributed by atoms with Gasteiger partial charge in [-0.05, 0) is 24.1 Å². The van der Waals surface area contributed by atoms with Gasteiger partial charge in [-0.15, -0.1) is 0 Å². The van der Waals surface area contributed by atoms with Crippen molar-refractivity contribution >= 4 is 6.41 Å². The van der Waals surface area contributed by atoms with Crippen LogP contribution in [0.5, 0.6) is 11.5 Å². The van der Waals surface area contributed by atoms with Crippen LogP contribution in [-0.2, 0) is 11.2 Å². The van der Waals surface area contributed by atoms with Crippen molar-refractivity contribution < 1.29 is 14.6 Å². The number of carbonyl (C=O) groups excluding carboxylic acids is 1. The molecule has 0 aliphatic rings. The lowest BCUT2D eigenvalue weighted by Gasteiger charge is -2.06. The van der Waals surface area contributed by atoms with E-state index in [-0.39, 0.29) is 5.75 Å². The number of rotatable bonds is 5. The first-order valence-electron chi connectivity index (χ1n) is 4.31. The van der Waals surface area contributed by atoms with Crippen molar-refractivity contribution in [2.75, 3.05) is 13.7 Å². The summed E-state index contributed by atoms with van der Waals surface area (Å²) in [6.45, 7) is 0.581. The van der Waals surface area contributed by atoms with E-state index in [0.717, 1.165) is 12.0 Å². The maximum absolute atomic E-state index is 10.00. The van der Waals surface area contributed by atoms with Gasteiger partial charge in [0, 0.05) is 6.54 Å². The minimum Gasteiger partial charge on any atom is -0.504 e. The molecule has 2 N–H and O–H groups in total. The molecule has 4 nitrogen and oxygen atoms in total. The monoisotopic (exact) mass is 195 g/mol. The van der Waals surface area contributed by atoms with Crippen molar-refractivity contribution in [3.05, 3.63) is 23.8 Å². The van der Waals surface area contributed by atoms with Crippen LogP contribution in [0.3, 0.4) is 0 Å². The van der Waals surface area contributed by atoms with Crippen LogP contribution in [0.1, 0.15) is 5.56 Å². The zero-order chi connectivity index (χ0) is 10.4. The highest BCUT2D eigenvalue weighted by Gasteiger charge is 2.01. The van der Waals surface area contributed by atoms with Crippen LogP contribution in [0, 0.1) is 0 Å². The summed E-state index contributed by atoms with van der Waals surface area (Å²) in [5.74, 6) is 0.577. The Labute approximate surface area is 82.5 Å². The maximum atomic E-state index is 10.00. The number of phenolic OH excluding ortho intramolecular Hbond substituents is 1. The molecular weight excluding hydrogens is 182 g/mol. The molecule has 0 radical (unpaired) electrons. The fraction of sp³-hybridized carbons (Fsp3) is 0.300. The Hall–Kier alpha value is -1.71. The Bertz CT molecular complexity index is 312. The third-order valence-electron chi connectivity index (χ3n) is 1.89. The van der Waals surface area contributed by atoms with Crippen molar-refractivity contribution in [1.82, 2.24) is 5.32 Å². The molecule has 1 aromatic rings. The molecule has 1 rings (SSSR count). The molecule has 76 valence electrons. The Kier molecular flexibility index (Phi) is 3.79. The zero-order valence-corrected chi connectivity index (χ0v) is 7.99. The minimum atomic E-state index is 0.125. The van der Waals surface area contributed by atoms with Gasteiger partial charge < -0.3 is 15.2 Å². The number of hydrogen-bond acceptors (Lipinski definition) is 3. The van der Waals surface area contributed by atoms with Crippen molar-refractivity contribution in [3.8, 4) is 11.5 Å². The molecule has 0 spiro atoms. The van der Waals surface area contributed by atoms with Crippen LogP contribution in [0.15, 0.2) is 18.2 Å². The van der Waals surface area contributed by atoms with Crippen LogP contribution in [0.4, 0.5) is 0 Å². The van der Waals surface area contributed by atoms with Gasteiger partial charge in [-0.2, -0.15) is 0 Å². The summed E-state index contributed by atoms with van der Waals surface area (Å²) in [4.78, 5) is 10.00. The Morgan fingerprint density at radius 1 is 1.57 bits per heavy atom. The summed E-state index contributed by atoms with van der Waals surface area (Å²) >= 11 is 0. The lowest BCUT2D eigenvalue weighted by molar-refractivity contribution is -0.109. The Morgan fingerprint density at radius 3 is 3.00 bits per heavy atom. The molecular formula is C10H13NO3. The Morgan fingerprint density at radius 2 is 2.36 bits per heavy atom. The molecule has 0 aliphatic heterocycles. The maximum Gasteiger partial charge on any atom is 0.207 e. The number of benzene rings is 1. The largest absolute Gasteiger partial charge is 0.504 e. The molecule has 0 aromatic heterocycles. The van der Waals surface area contributed by atoms with Crippen LogP contribution in [0.2, 0.25) is 0 Å². The van der Waals surface area contributed by atoms with E-state index in [2.05, 4.69) is 5.32 Å². The summed E-state index contributed by atoms with van der Waals surface area (Å²) in [6.07, 6.45) is 1.38. The Balaban J connectivity index is 2.64. The van der Waals surface area contributed by atoms with Gasteiger partial charge in [-0.3, -0.25) is 4.79 Å². The van der Waals surface area contributed by atoms with E-state index in [1.807, 2.05) is 0 Å². The number of methoxy groups -OCH3 is 1. The normalized spacial score (nSPS) is 9.50. The number of amides is 1. The second kappa shape index (κ2) is 5.11. The van der Waals surface area contributed by atoms with Gasteiger partial charge in [0.15, 0.2) is 11.5 Å². The van der Waals surface area contributed by atoms with E-state index < -0.39 is 0 Å². The fourth-order valence-corrected chi connectivity index (χ4v) is 1.15. The quantitative estimate of drug-likeness (QED) is 0.537. The molecule has 0 bridgehead atoms. The van der Waals surface area contributed by atoms with E-state index in [9.17, 15) is 9.90 Å². The van der Waals surface area contributed by atoms with Crippen LogP contribution < -0.4 is 10.1 Å². The molecule has 0 saturated carbocycles. The van der Waals surface area contributed by atoms with Crippen LogP contribution >= 0.6 is 0 Å². The number of aromatic hydroxyl groups is 1. The highest BCUT2D eigenvalue weighted by atomic mass is 16.5. The average molecular weight is 195 g/mol. The average Bonchev–Trinajstić information content (AvgIpc) is 2.21. The standard InChI is InChI=1S/C10H13NO3/c1-14-10-6-8(2-3-9(10)13)4-5-11-7-12/h2-3,6-7,13H,4-5H2,1H3,(H,11,12). The number of hydrogen-bond donors (Lipinski definition) is 2. The molecule has 0 heterocycles. The smallest absolute Gasteiger partial charge is 0.207 e. The lowest BCUT2D eigenvalue weighted by Crippen LogP contribution is -2.14. The molecule has 1 amide bonds. The number of carbonyl (C=O) groups is 1. The van der Waals surface area contributed by atoms with E-state index in [0.29, 0.717) is 18.7 Å². The summed E-state index contributed by atoms with van der Waals surface area (Å²) in [7, 11) is 1.50. The first kappa shape index (κ1) is 10.4. The molecule has 0 fully saturated rings. The highest BCUT2D eigenvalue weighted by molar-refractivity contribution is 5.46. The molecule has 1 aromatic carbocycles. The van der Waals surface area contributed by atoms with E-state index >= 15 is 0 Å². The van der Waals surface area contributed by atoms with Gasteiger partial charge in [-0.25, -0.2) is 0 Å². The van der Waals surface area contributed by atoms with Crippen LogP contribution in [-0.4, -0.2) is 25.2 Å². The second-order valence-electron chi connectivity index (χ2n) is 2.83. The van der Waals surface area contributed by atoms with E-state index in [1.54, 1.807) is 18.2 Å². The van der Waals surface area contributed by atoms with Crippen LogP contribution in [0.25, 0.3) is 0 Å². The number of ether oxygens (including phenoxy) is 1. The highest BCUT2D eigenvalue weighted by Crippen LogP contribution is 2.26. The molecule has 14 heavy (non-hydrogen) atoms. The van der Waals surface area contributed by atoms with E-state index in [4.69, 9.17) is 4.74 Å². The minimum absolute atomic E-state index is 0.125. The van der Waals surface area contributed by atoms with Gasteiger partial charge in [0.05, 0.1) is 7.11 Å². The van der Waals surface area contributed by atoms with Gasteiger partial charge in [0.25, 0.3) is 0 Å². The number of nitrogens with one attached hydrogen (secondary N) is 1. The van der Waals surface area contributed by atoms with Gasteiger partial charge >= 0.3 is 0 Å². The summed E-state index contributed by atoms with van der Waals surface area (Å²) in [5, 5.41) is 11.9. The first-order valence-corrected chi connectivity index (χ1v) is 4.31. The zero-order valence-electron chi connectivity index (χ0n) is 7.99. The second-order valence-corrected chi connectivity index (χ2v) is 2.83. The first-order chi connectivity index (χ1) is 6.77. The molecule has 4 heteroatoms. The third-order valence-corrected chi connectivity index (χ3v) is 1.89. The van der Waals surface area contributed by atoms with Gasteiger partial charge in [0.1, 0.15) is 0 Å².